The van der Waals surface area contributed by atoms with Crippen LogP contribution in [0, 0.1) is 10.1 Å². The molecule has 0 aliphatic rings. The molecule has 1 aromatic carbocycles. The van der Waals surface area contributed by atoms with E-state index in [4.69, 9.17) is 10.5 Å². The minimum atomic E-state index is -0.502. The SMILES string of the molecule is CCCN(CC)CCOc1ccc(N)c([N+](=O)[O-])c1. The van der Waals surface area contributed by atoms with Crippen LogP contribution in [0.3, 0.4) is 0 Å². The third-order valence-corrected chi connectivity index (χ3v) is 2.86. The van der Waals surface area contributed by atoms with Crippen LogP contribution < -0.4 is 10.5 Å². The fraction of sp³-hybridized carbons (Fsp3) is 0.538. The van der Waals surface area contributed by atoms with Crippen LogP contribution in [0.15, 0.2) is 18.2 Å². The van der Waals surface area contributed by atoms with Crippen molar-refractivity contribution in [1.82, 2.24) is 4.90 Å². The first-order valence-corrected chi connectivity index (χ1v) is 6.47. The van der Waals surface area contributed by atoms with E-state index in [-0.39, 0.29) is 11.4 Å². The average molecular weight is 267 g/mol. The molecule has 0 amide bonds. The van der Waals surface area contributed by atoms with E-state index in [0.717, 1.165) is 26.1 Å². The first-order valence-electron chi connectivity index (χ1n) is 6.47. The Labute approximate surface area is 113 Å². The number of hydrogen-bond donors (Lipinski definition) is 1. The number of nitrogen functional groups attached to an aromatic ring is 1. The highest BCUT2D eigenvalue weighted by atomic mass is 16.6. The van der Waals surface area contributed by atoms with Crippen LogP contribution in [0.4, 0.5) is 11.4 Å². The molecule has 0 aliphatic heterocycles. The number of nitro groups is 1. The third-order valence-electron chi connectivity index (χ3n) is 2.86. The maximum absolute atomic E-state index is 10.7. The average Bonchev–Trinajstić information content (AvgIpc) is 2.39. The lowest BCUT2D eigenvalue weighted by atomic mass is 10.2. The van der Waals surface area contributed by atoms with Crippen LogP contribution in [0.2, 0.25) is 0 Å². The Hall–Kier alpha value is -1.82. The monoisotopic (exact) mass is 267 g/mol. The zero-order chi connectivity index (χ0) is 14.3. The Balaban J connectivity index is 2.54. The number of nitrogens with two attached hydrogens (primary N) is 1. The highest BCUT2D eigenvalue weighted by molar-refractivity contribution is 5.60. The van der Waals surface area contributed by atoms with E-state index >= 15 is 0 Å². The van der Waals surface area contributed by atoms with E-state index in [0.29, 0.717) is 12.4 Å². The molecule has 0 aromatic heterocycles. The summed E-state index contributed by atoms with van der Waals surface area (Å²) in [5.41, 5.74) is 5.56. The number of hydrogen-bond acceptors (Lipinski definition) is 5. The molecule has 0 spiro atoms. The van der Waals surface area contributed by atoms with Crippen molar-refractivity contribution >= 4 is 11.4 Å². The van der Waals surface area contributed by atoms with Gasteiger partial charge < -0.3 is 15.4 Å². The minimum Gasteiger partial charge on any atom is -0.492 e. The van der Waals surface area contributed by atoms with Crippen LogP contribution in [0.5, 0.6) is 5.75 Å². The molecule has 0 bridgehead atoms. The number of nitrogens with zero attached hydrogens (tertiary/aromatic N) is 2. The van der Waals surface area contributed by atoms with Crippen molar-refractivity contribution in [3.05, 3.63) is 28.3 Å². The zero-order valence-corrected chi connectivity index (χ0v) is 11.5. The zero-order valence-electron chi connectivity index (χ0n) is 11.5. The molecular formula is C13H21N3O3. The van der Waals surface area contributed by atoms with Gasteiger partial charge in [-0.2, -0.15) is 0 Å². The van der Waals surface area contributed by atoms with Gasteiger partial charge >= 0.3 is 0 Å². The largest absolute Gasteiger partial charge is 0.492 e. The smallest absolute Gasteiger partial charge is 0.295 e. The standard InChI is InChI=1S/C13H21N3O3/c1-3-7-15(4-2)8-9-19-11-5-6-12(14)13(10-11)16(17)18/h5-6,10H,3-4,7-9,14H2,1-2H3. The van der Waals surface area contributed by atoms with Gasteiger partial charge in [0.25, 0.3) is 5.69 Å². The lowest BCUT2D eigenvalue weighted by Crippen LogP contribution is -2.29. The van der Waals surface area contributed by atoms with Gasteiger partial charge in [0.1, 0.15) is 18.0 Å². The first kappa shape index (κ1) is 15.2. The van der Waals surface area contributed by atoms with Crippen molar-refractivity contribution < 1.29 is 9.66 Å². The van der Waals surface area contributed by atoms with Gasteiger partial charge in [-0.3, -0.25) is 10.1 Å². The first-order chi connectivity index (χ1) is 9.08. The highest BCUT2D eigenvalue weighted by Gasteiger charge is 2.12. The van der Waals surface area contributed by atoms with Crippen LogP contribution in [-0.2, 0) is 0 Å². The van der Waals surface area contributed by atoms with Crippen molar-refractivity contribution in [2.45, 2.75) is 20.3 Å². The summed E-state index contributed by atoms with van der Waals surface area (Å²) in [6.45, 7) is 7.55. The molecule has 0 radical (unpaired) electrons. The van der Waals surface area contributed by atoms with Crippen molar-refractivity contribution in [3.63, 3.8) is 0 Å². The Morgan fingerprint density at radius 1 is 1.37 bits per heavy atom. The number of rotatable bonds is 8. The number of benzene rings is 1. The molecule has 1 rings (SSSR count). The van der Waals surface area contributed by atoms with Crippen LogP contribution in [0.25, 0.3) is 0 Å². The molecule has 0 aliphatic carbocycles. The molecule has 0 atom stereocenters. The molecule has 19 heavy (non-hydrogen) atoms. The van der Waals surface area contributed by atoms with Crippen molar-refractivity contribution in [2.24, 2.45) is 0 Å². The van der Waals surface area contributed by atoms with Gasteiger partial charge in [0.15, 0.2) is 0 Å². The van der Waals surface area contributed by atoms with Gasteiger partial charge in [-0.1, -0.05) is 13.8 Å². The normalized spacial score (nSPS) is 10.7. The maximum atomic E-state index is 10.7. The second-order valence-corrected chi connectivity index (χ2v) is 4.26. The lowest BCUT2D eigenvalue weighted by molar-refractivity contribution is -0.384. The van der Waals surface area contributed by atoms with Gasteiger partial charge in [0, 0.05) is 6.54 Å². The molecule has 0 saturated carbocycles. The third kappa shape index (κ3) is 4.75. The summed E-state index contributed by atoms with van der Waals surface area (Å²) in [5.74, 6) is 0.480. The number of ether oxygens (including phenoxy) is 1. The van der Waals surface area contributed by atoms with E-state index in [1.54, 1.807) is 6.07 Å². The fourth-order valence-electron chi connectivity index (χ4n) is 1.81. The van der Waals surface area contributed by atoms with Gasteiger partial charge in [0.05, 0.1) is 11.0 Å². The summed E-state index contributed by atoms with van der Waals surface area (Å²) < 4.78 is 5.53. The van der Waals surface area contributed by atoms with Gasteiger partial charge in [0.2, 0.25) is 0 Å². The summed E-state index contributed by atoms with van der Waals surface area (Å²) in [6.07, 6.45) is 1.10. The summed E-state index contributed by atoms with van der Waals surface area (Å²) in [6, 6.07) is 4.51. The summed E-state index contributed by atoms with van der Waals surface area (Å²) in [7, 11) is 0. The molecule has 6 heteroatoms. The number of likely N-dealkylation sites (N-methyl/N-ethyl adjacent to an activating group) is 1. The van der Waals surface area contributed by atoms with E-state index in [1.165, 1.54) is 12.1 Å². The summed E-state index contributed by atoms with van der Waals surface area (Å²) in [5, 5.41) is 10.7. The van der Waals surface area contributed by atoms with E-state index in [9.17, 15) is 10.1 Å². The van der Waals surface area contributed by atoms with Crippen LogP contribution in [0.1, 0.15) is 20.3 Å². The van der Waals surface area contributed by atoms with E-state index in [1.807, 2.05) is 0 Å². The van der Waals surface area contributed by atoms with E-state index < -0.39 is 4.92 Å². The molecule has 6 nitrogen and oxygen atoms in total. The summed E-state index contributed by atoms with van der Waals surface area (Å²) >= 11 is 0. The van der Waals surface area contributed by atoms with Crippen LogP contribution >= 0.6 is 0 Å². The fourth-order valence-corrected chi connectivity index (χ4v) is 1.81. The molecule has 0 saturated heterocycles. The highest BCUT2D eigenvalue weighted by Crippen LogP contribution is 2.26. The Morgan fingerprint density at radius 3 is 2.68 bits per heavy atom. The van der Waals surface area contributed by atoms with Crippen LogP contribution in [-0.4, -0.2) is 36.1 Å². The molecule has 2 N–H and O–H groups in total. The second kappa shape index (κ2) is 7.58. The topological polar surface area (TPSA) is 81.6 Å². The second-order valence-electron chi connectivity index (χ2n) is 4.26. The summed E-state index contributed by atoms with van der Waals surface area (Å²) in [4.78, 5) is 12.5. The predicted molar refractivity (Wildman–Crippen MR) is 75.4 cm³/mol. The Morgan fingerprint density at radius 2 is 2.11 bits per heavy atom. The van der Waals surface area contributed by atoms with Gasteiger partial charge in [-0.05, 0) is 31.6 Å². The Kier molecular flexibility index (Phi) is 6.08. The number of anilines is 1. The maximum Gasteiger partial charge on any atom is 0.295 e. The van der Waals surface area contributed by atoms with E-state index in [2.05, 4.69) is 18.7 Å². The lowest BCUT2D eigenvalue weighted by Gasteiger charge is -2.19. The molecule has 106 valence electrons. The van der Waals surface area contributed by atoms with Crippen molar-refractivity contribution in [1.29, 1.82) is 0 Å². The molecule has 0 heterocycles. The molecule has 1 aromatic rings. The number of nitro benzene ring substituents is 1. The predicted octanol–water partition coefficient (Wildman–Crippen LogP) is 2.29. The quantitative estimate of drug-likeness (QED) is 0.444. The van der Waals surface area contributed by atoms with Crippen molar-refractivity contribution in [2.75, 3.05) is 32.0 Å². The van der Waals surface area contributed by atoms with Crippen molar-refractivity contribution in [3.8, 4) is 5.75 Å². The minimum absolute atomic E-state index is 0.113. The molecular weight excluding hydrogens is 246 g/mol. The van der Waals surface area contributed by atoms with Gasteiger partial charge in [-0.15, -0.1) is 0 Å². The molecule has 0 unspecified atom stereocenters. The Bertz CT molecular complexity index is 424. The molecule has 0 fully saturated rings. The van der Waals surface area contributed by atoms with Gasteiger partial charge in [-0.25, -0.2) is 0 Å².